The van der Waals surface area contributed by atoms with Gasteiger partial charge in [-0.15, -0.1) is 0 Å². The average molecular weight is 392 g/mol. The lowest BCUT2D eigenvalue weighted by Crippen LogP contribution is -2.41. The van der Waals surface area contributed by atoms with Crippen molar-refractivity contribution in [2.24, 2.45) is 0 Å². The second-order valence-electron chi connectivity index (χ2n) is 6.46. The molecule has 2 aromatic heterocycles. The molecule has 0 radical (unpaired) electrons. The Bertz CT molecular complexity index is 1280. The summed E-state index contributed by atoms with van der Waals surface area (Å²) < 4.78 is 20.9. The number of methoxy groups -OCH3 is 1. The summed E-state index contributed by atoms with van der Waals surface area (Å²) in [6.07, 6.45) is 2.84. The molecule has 7 nitrogen and oxygen atoms in total. The van der Waals surface area contributed by atoms with E-state index in [-0.39, 0.29) is 30.1 Å². The van der Waals surface area contributed by atoms with Crippen LogP contribution in [0.4, 0.5) is 4.39 Å². The molecule has 29 heavy (non-hydrogen) atoms. The minimum atomic E-state index is -0.511. The summed E-state index contributed by atoms with van der Waals surface area (Å²) in [5, 5.41) is 0. The number of hydrogen-bond donors (Lipinski definition) is 0. The van der Waals surface area contributed by atoms with Crippen molar-refractivity contribution in [1.29, 1.82) is 0 Å². The van der Waals surface area contributed by atoms with Gasteiger partial charge in [-0.2, -0.15) is 0 Å². The van der Waals surface area contributed by atoms with Gasteiger partial charge in [-0.05, 0) is 35.4 Å². The predicted octanol–water partition coefficient (Wildman–Crippen LogP) is 2.20. The van der Waals surface area contributed by atoms with E-state index in [1.54, 1.807) is 43.5 Å². The maximum absolute atomic E-state index is 13.2. The van der Waals surface area contributed by atoms with E-state index >= 15 is 0 Å². The van der Waals surface area contributed by atoms with Gasteiger partial charge < -0.3 is 4.74 Å². The molecule has 0 atom stereocenters. The molecule has 0 aliphatic heterocycles. The van der Waals surface area contributed by atoms with Gasteiger partial charge in [-0.3, -0.25) is 13.9 Å². The number of benzene rings is 2. The van der Waals surface area contributed by atoms with E-state index in [1.807, 2.05) is 0 Å². The van der Waals surface area contributed by atoms with Crippen molar-refractivity contribution in [1.82, 2.24) is 19.1 Å². The molecule has 0 fully saturated rings. The molecule has 2 heterocycles. The van der Waals surface area contributed by atoms with Crippen molar-refractivity contribution in [3.63, 3.8) is 0 Å². The Hall–Kier alpha value is -3.81. The highest BCUT2D eigenvalue weighted by atomic mass is 19.1. The van der Waals surface area contributed by atoms with Crippen molar-refractivity contribution >= 4 is 11.2 Å². The zero-order valence-corrected chi connectivity index (χ0v) is 15.6. The maximum Gasteiger partial charge on any atom is 0.333 e. The number of hydrogen-bond acceptors (Lipinski definition) is 5. The van der Waals surface area contributed by atoms with E-state index in [4.69, 9.17) is 4.74 Å². The van der Waals surface area contributed by atoms with Gasteiger partial charge in [0.15, 0.2) is 11.2 Å². The van der Waals surface area contributed by atoms with Crippen LogP contribution in [0.3, 0.4) is 0 Å². The van der Waals surface area contributed by atoms with Crippen molar-refractivity contribution in [2.45, 2.75) is 13.1 Å². The summed E-state index contributed by atoms with van der Waals surface area (Å²) in [5.41, 5.74) is 0.740. The fourth-order valence-corrected chi connectivity index (χ4v) is 3.10. The summed E-state index contributed by atoms with van der Waals surface area (Å²) in [5.74, 6) is 0.314. The first-order chi connectivity index (χ1) is 14.1. The molecular weight excluding hydrogens is 375 g/mol. The van der Waals surface area contributed by atoms with E-state index in [1.165, 1.54) is 29.1 Å². The lowest BCUT2D eigenvalue weighted by molar-refractivity contribution is 0.414. The number of fused-ring (bicyclic) bond motifs is 1. The predicted molar refractivity (Wildman–Crippen MR) is 106 cm³/mol. The molecule has 0 aliphatic carbocycles. The Kier molecular flexibility index (Phi) is 4.90. The maximum atomic E-state index is 13.2. The van der Waals surface area contributed by atoms with Crippen LogP contribution in [0, 0.1) is 5.82 Å². The molecule has 8 heteroatoms. The zero-order chi connectivity index (χ0) is 20.4. The highest BCUT2D eigenvalue weighted by Crippen LogP contribution is 2.12. The van der Waals surface area contributed by atoms with Gasteiger partial charge in [0.05, 0.1) is 20.2 Å². The molecule has 0 bridgehead atoms. The topological polar surface area (TPSA) is 79.0 Å². The summed E-state index contributed by atoms with van der Waals surface area (Å²) in [6, 6.07) is 12.9. The average Bonchev–Trinajstić information content (AvgIpc) is 2.76. The molecule has 146 valence electrons. The third-order valence-electron chi connectivity index (χ3n) is 4.60. The Morgan fingerprint density at radius 3 is 2.10 bits per heavy atom. The summed E-state index contributed by atoms with van der Waals surface area (Å²) in [7, 11) is 1.57. The molecule has 4 rings (SSSR count). The number of halogens is 1. The van der Waals surface area contributed by atoms with Gasteiger partial charge in [0.2, 0.25) is 0 Å². The van der Waals surface area contributed by atoms with Gasteiger partial charge in [0, 0.05) is 12.4 Å². The van der Waals surface area contributed by atoms with Crippen LogP contribution in [0.25, 0.3) is 11.2 Å². The van der Waals surface area contributed by atoms with Crippen LogP contribution in [0.5, 0.6) is 5.75 Å². The second-order valence-corrected chi connectivity index (χ2v) is 6.46. The van der Waals surface area contributed by atoms with Crippen LogP contribution in [-0.4, -0.2) is 26.2 Å². The summed E-state index contributed by atoms with van der Waals surface area (Å²) in [6.45, 7) is 0.217. The van der Waals surface area contributed by atoms with Crippen LogP contribution >= 0.6 is 0 Å². The van der Waals surface area contributed by atoms with Crippen molar-refractivity contribution in [3.05, 3.63) is 98.7 Å². The first-order valence-electron chi connectivity index (χ1n) is 8.88. The van der Waals surface area contributed by atoms with E-state index in [0.29, 0.717) is 11.3 Å². The van der Waals surface area contributed by atoms with Crippen LogP contribution in [-0.2, 0) is 13.1 Å². The van der Waals surface area contributed by atoms with E-state index < -0.39 is 11.2 Å². The zero-order valence-electron chi connectivity index (χ0n) is 15.6. The third-order valence-corrected chi connectivity index (χ3v) is 4.60. The van der Waals surface area contributed by atoms with Gasteiger partial charge in [-0.25, -0.2) is 19.2 Å². The SMILES string of the molecule is COc1ccc(Cn2c(=O)c3nccnc3n(Cc3ccc(F)cc3)c2=O)cc1. The van der Waals surface area contributed by atoms with Crippen molar-refractivity contribution in [2.75, 3.05) is 7.11 Å². The lowest BCUT2D eigenvalue weighted by atomic mass is 10.2. The lowest BCUT2D eigenvalue weighted by Gasteiger charge is -2.13. The van der Waals surface area contributed by atoms with Crippen LogP contribution < -0.4 is 16.0 Å². The molecule has 0 spiro atoms. The molecule has 2 aromatic carbocycles. The Morgan fingerprint density at radius 1 is 0.862 bits per heavy atom. The van der Waals surface area contributed by atoms with Crippen molar-refractivity contribution < 1.29 is 9.13 Å². The number of nitrogens with zero attached hydrogens (tertiary/aromatic N) is 4. The normalized spacial score (nSPS) is 11.0. The minimum Gasteiger partial charge on any atom is -0.497 e. The second kappa shape index (κ2) is 7.67. The fourth-order valence-electron chi connectivity index (χ4n) is 3.10. The highest BCUT2D eigenvalue weighted by molar-refractivity contribution is 5.68. The fraction of sp³-hybridized carbons (Fsp3) is 0.143. The third kappa shape index (κ3) is 3.64. The van der Waals surface area contributed by atoms with E-state index in [0.717, 1.165) is 10.1 Å². The van der Waals surface area contributed by atoms with Crippen LogP contribution in [0.15, 0.2) is 70.5 Å². The van der Waals surface area contributed by atoms with E-state index in [2.05, 4.69) is 9.97 Å². The van der Waals surface area contributed by atoms with Gasteiger partial charge in [0.25, 0.3) is 5.56 Å². The monoisotopic (exact) mass is 392 g/mol. The van der Waals surface area contributed by atoms with Gasteiger partial charge >= 0.3 is 5.69 Å². The molecule has 0 aliphatic rings. The van der Waals surface area contributed by atoms with Gasteiger partial charge in [0.1, 0.15) is 11.6 Å². The molecule has 4 aromatic rings. The standard InChI is InChI=1S/C21H17FN4O3/c1-29-17-8-4-15(5-9-17)13-26-20(27)18-19(24-11-10-23-18)25(21(26)28)12-14-2-6-16(22)7-3-14/h2-11H,12-13H2,1H3. The summed E-state index contributed by atoms with van der Waals surface area (Å²) >= 11 is 0. The molecule has 0 N–H and O–H groups in total. The first-order valence-corrected chi connectivity index (χ1v) is 8.88. The molecule has 0 saturated heterocycles. The Balaban J connectivity index is 1.84. The quantitative estimate of drug-likeness (QED) is 0.520. The largest absolute Gasteiger partial charge is 0.497 e. The molecule has 0 amide bonds. The smallest absolute Gasteiger partial charge is 0.333 e. The Morgan fingerprint density at radius 2 is 1.45 bits per heavy atom. The van der Waals surface area contributed by atoms with E-state index in [9.17, 15) is 14.0 Å². The molecular formula is C21H17FN4O3. The van der Waals surface area contributed by atoms with Crippen LogP contribution in [0.1, 0.15) is 11.1 Å². The number of rotatable bonds is 5. The van der Waals surface area contributed by atoms with Gasteiger partial charge in [-0.1, -0.05) is 24.3 Å². The number of aromatic nitrogens is 4. The minimum absolute atomic E-state index is 0.0809. The number of ether oxygens (including phenoxy) is 1. The molecule has 0 saturated carbocycles. The highest BCUT2D eigenvalue weighted by Gasteiger charge is 2.16. The Labute approximate surface area is 164 Å². The summed E-state index contributed by atoms with van der Waals surface area (Å²) in [4.78, 5) is 34.4. The first kappa shape index (κ1) is 18.5. The molecule has 0 unspecified atom stereocenters. The van der Waals surface area contributed by atoms with Crippen molar-refractivity contribution in [3.8, 4) is 5.75 Å². The van der Waals surface area contributed by atoms with Crippen LogP contribution in [0.2, 0.25) is 0 Å².